The highest BCUT2D eigenvalue weighted by atomic mass is 15.1. The van der Waals surface area contributed by atoms with Gasteiger partial charge in [-0.15, -0.1) is 0 Å². The first-order valence-electron chi connectivity index (χ1n) is 7.53. The Morgan fingerprint density at radius 3 is 2.79 bits per heavy atom. The lowest BCUT2D eigenvalue weighted by atomic mass is 9.75. The van der Waals surface area contributed by atoms with Crippen LogP contribution >= 0.6 is 0 Å². The van der Waals surface area contributed by atoms with Gasteiger partial charge in [-0.2, -0.15) is 0 Å². The fraction of sp³-hybridized carbons (Fsp3) is 0.812. The van der Waals surface area contributed by atoms with E-state index in [2.05, 4.69) is 49.5 Å². The maximum absolute atomic E-state index is 4.37. The van der Waals surface area contributed by atoms with Crippen molar-refractivity contribution in [1.29, 1.82) is 0 Å². The Hall–Kier alpha value is -0.830. The Bertz CT molecular complexity index is 412. The van der Waals surface area contributed by atoms with E-state index in [-0.39, 0.29) is 5.54 Å². The monoisotopic (exact) mass is 263 g/mol. The largest absolute Gasteiger partial charge is 0.330 e. The summed E-state index contributed by atoms with van der Waals surface area (Å²) in [5.74, 6) is 0. The first-order valence-corrected chi connectivity index (χ1v) is 7.53. The maximum atomic E-state index is 4.37. The molecule has 0 radical (unpaired) electrons. The molecule has 1 atom stereocenters. The van der Waals surface area contributed by atoms with Crippen LogP contribution in [0.3, 0.4) is 0 Å². The summed E-state index contributed by atoms with van der Waals surface area (Å²) in [6, 6.07) is 0.628. The summed E-state index contributed by atoms with van der Waals surface area (Å²) in [4.78, 5) is 4.37. The van der Waals surface area contributed by atoms with Crippen LogP contribution in [0.2, 0.25) is 0 Å². The Morgan fingerprint density at radius 2 is 2.16 bits per heavy atom. The van der Waals surface area contributed by atoms with E-state index in [1.165, 1.54) is 31.4 Å². The van der Waals surface area contributed by atoms with Crippen molar-refractivity contribution < 1.29 is 0 Å². The van der Waals surface area contributed by atoms with Crippen molar-refractivity contribution >= 4 is 0 Å². The van der Waals surface area contributed by atoms with Gasteiger partial charge in [-0.05, 0) is 45.4 Å². The van der Waals surface area contributed by atoms with Gasteiger partial charge in [0.15, 0.2) is 0 Å². The highest BCUT2D eigenvalue weighted by Crippen LogP contribution is 2.41. The molecule has 19 heavy (non-hydrogen) atoms. The van der Waals surface area contributed by atoms with Crippen LogP contribution in [-0.4, -0.2) is 15.1 Å². The highest BCUT2D eigenvalue weighted by Gasteiger charge is 2.29. The minimum Gasteiger partial charge on any atom is -0.330 e. The van der Waals surface area contributed by atoms with E-state index in [1.54, 1.807) is 0 Å². The minimum absolute atomic E-state index is 0.154. The van der Waals surface area contributed by atoms with Crippen LogP contribution in [0.25, 0.3) is 0 Å². The van der Waals surface area contributed by atoms with Crippen LogP contribution in [0.15, 0.2) is 12.5 Å². The van der Waals surface area contributed by atoms with Crippen LogP contribution in [0.5, 0.6) is 0 Å². The van der Waals surface area contributed by atoms with Crippen molar-refractivity contribution in [3.05, 3.63) is 18.2 Å². The number of nitrogens with one attached hydrogen (secondary N) is 1. The van der Waals surface area contributed by atoms with Gasteiger partial charge in [-0.1, -0.05) is 20.3 Å². The predicted molar refractivity (Wildman–Crippen MR) is 80.1 cm³/mol. The van der Waals surface area contributed by atoms with E-state index >= 15 is 0 Å². The second kappa shape index (κ2) is 5.28. The zero-order valence-electron chi connectivity index (χ0n) is 13.2. The fourth-order valence-electron chi connectivity index (χ4n) is 3.05. The summed E-state index contributed by atoms with van der Waals surface area (Å²) >= 11 is 0. The standard InChI is InChI=1S/C16H29N3/c1-15(2,3)18-11-14-10-17-12-19(14)13-7-6-8-16(4,5)9-13/h10,12-13,18H,6-9,11H2,1-5H3. The predicted octanol–water partition coefficient (Wildman–Crippen LogP) is 3.91. The Kier molecular flexibility index (Phi) is 4.05. The van der Waals surface area contributed by atoms with Crippen LogP contribution in [0.4, 0.5) is 0 Å². The van der Waals surface area contributed by atoms with E-state index in [0.717, 1.165) is 6.54 Å². The van der Waals surface area contributed by atoms with Crippen molar-refractivity contribution in [1.82, 2.24) is 14.9 Å². The van der Waals surface area contributed by atoms with E-state index in [4.69, 9.17) is 0 Å². The molecular weight excluding hydrogens is 234 g/mol. The molecule has 1 N–H and O–H groups in total. The number of hydrogen-bond acceptors (Lipinski definition) is 2. The van der Waals surface area contributed by atoms with Gasteiger partial charge in [0.25, 0.3) is 0 Å². The van der Waals surface area contributed by atoms with Crippen LogP contribution < -0.4 is 5.32 Å². The third-order valence-corrected chi connectivity index (χ3v) is 4.12. The molecule has 1 aromatic rings. The molecule has 1 aromatic heterocycles. The summed E-state index contributed by atoms with van der Waals surface area (Å²) in [5, 5.41) is 3.56. The van der Waals surface area contributed by atoms with Crippen LogP contribution in [-0.2, 0) is 6.54 Å². The van der Waals surface area contributed by atoms with Gasteiger partial charge < -0.3 is 9.88 Å². The van der Waals surface area contributed by atoms with Crippen molar-refractivity contribution in [3.63, 3.8) is 0 Å². The zero-order chi connectivity index (χ0) is 14.1. The van der Waals surface area contributed by atoms with Crippen molar-refractivity contribution in [2.45, 2.75) is 78.4 Å². The lowest BCUT2D eigenvalue weighted by Gasteiger charge is -2.36. The molecule has 1 fully saturated rings. The molecule has 108 valence electrons. The van der Waals surface area contributed by atoms with E-state index < -0.39 is 0 Å². The molecule has 2 rings (SSSR count). The zero-order valence-corrected chi connectivity index (χ0v) is 13.2. The van der Waals surface area contributed by atoms with Gasteiger partial charge >= 0.3 is 0 Å². The normalized spacial score (nSPS) is 23.5. The van der Waals surface area contributed by atoms with E-state index in [1.807, 2.05) is 12.5 Å². The molecule has 0 aliphatic heterocycles. The van der Waals surface area contributed by atoms with Gasteiger partial charge in [0.1, 0.15) is 0 Å². The third kappa shape index (κ3) is 4.07. The Morgan fingerprint density at radius 1 is 1.42 bits per heavy atom. The maximum Gasteiger partial charge on any atom is 0.0951 e. The second-order valence-electron chi connectivity index (χ2n) is 7.81. The molecule has 1 saturated carbocycles. The summed E-state index contributed by atoms with van der Waals surface area (Å²) in [6.45, 7) is 12.3. The first-order chi connectivity index (χ1) is 8.77. The van der Waals surface area contributed by atoms with Gasteiger partial charge in [0, 0.05) is 24.3 Å². The Labute approximate surface area is 117 Å². The smallest absolute Gasteiger partial charge is 0.0951 e. The molecule has 1 aliphatic carbocycles. The summed E-state index contributed by atoms with van der Waals surface area (Å²) in [6.07, 6.45) is 9.29. The molecule has 0 aromatic carbocycles. The fourth-order valence-corrected chi connectivity index (χ4v) is 3.05. The molecule has 0 bridgehead atoms. The average Bonchev–Trinajstić information content (AvgIpc) is 2.72. The molecule has 0 spiro atoms. The molecule has 1 aliphatic rings. The van der Waals surface area contributed by atoms with Crippen molar-refractivity contribution in [3.8, 4) is 0 Å². The third-order valence-electron chi connectivity index (χ3n) is 4.12. The molecule has 3 nitrogen and oxygen atoms in total. The number of hydrogen-bond donors (Lipinski definition) is 1. The first kappa shape index (κ1) is 14.6. The van der Waals surface area contributed by atoms with Gasteiger partial charge in [-0.25, -0.2) is 4.98 Å². The molecular formula is C16H29N3. The molecule has 1 heterocycles. The summed E-state index contributed by atoms with van der Waals surface area (Å²) in [5.41, 5.74) is 1.95. The quantitative estimate of drug-likeness (QED) is 0.896. The minimum atomic E-state index is 0.154. The topological polar surface area (TPSA) is 29.9 Å². The number of imidazole rings is 1. The molecule has 0 amide bonds. The summed E-state index contributed by atoms with van der Waals surface area (Å²) < 4.78 is 2.40. The number of rotatable bonds is 3. The van der Waals surface area contributed by atoms with Crippen molar-refractivity contribution in [2.75, 3.05) is 0 Å². The van der Waals surface area contributed by atoms with Crippen LogP contribution in [0.1, 0.15) is 72.0 Å². The molecule has 3 heteroatoms. The molecule has 1 unspecified atom stereocenters. The SMILES string of the molecule is CC1(C)CCCC(n2cncc2CNC(C)(C)C)C1. The van der Waals surface area contributed by atoms with E-state index in [9.17, 15) is 0 Å². The number of aromatic nitrogens is 2. The summed E-state index contributed by atoms with van der Waals surface area (Å²) in [7, 11) is 0. The lowest BCUT2D eigenvalue weighted by molar-refractivity contribution is 0.180. The highest BCUT2D eigenvalue weighted by molar-refractivity contribution is 5.02. The Balaban J connectivity index is 2.06. The van der Waals surface area contributed by atoms with Crippen molar-refractivity contribution in [2.24, 2.45) is 5.41 Å². The van der Waals surface area contributed by atoms with Gasteiger partial charge in [0.2, 0.25) is 0 Å². The van der Waals surface area contributed by atoms with Gasteiger partial charge in [0.05, 0.1) is 12.0 Å². The van der Waals surface area contributed by atoms with Crippen LogP contribution in [0, 0.1) is 5.41 Å². The van der Waals surface area contributed by atoms with Gasteiger partial charge in [-0.3, -0.25) is 0 Å². The second-order valence-corrected chi connectivity index (χ2v) is 7.81. The lowest BCUT2D eigenvalue weighted by Crippen LogP contribution is -2.36. The van der Waals surface area contributed by atoms with E-state index in [0.29, 0.717) is 11.5 Å². The number of nitrogens with zero attached hydrogens (tertiary/aromatic N) is 2. The molecule has 0 saturated heterocycles. The average molecular weight is 263 g/mol.